The second-order valence-electron chi connectivity index (χ2n) is 4.12. The minimum absolute atomic E-state index is 0.619. The molecule has 0 bridgehead atoms. The summed E-state index contributed by atoms with van der Waals surface area (Å²) >= 11 is 0. The third-order valence-electron chi connectivity index (χ3n) is 2.26. The summed E-state index contributed by atoms with van der Waals surface area (Å²) in [6, 6.07) is 0. The van der Waals surface area contributed by atoms with E-state index in [2.05, 4.69) is 27.2 Å². The summed E-state index contributed by atoms with van der Waals surface area (Å²) in [5.41, 5.74) is 0.619. The highest BCUT2D eigenvalue weighted by molar-refractivity contribution is 4.86. The molecule has 1 aliphatic rings. The zero-order chi connectivity index (χ0) is 6.91. The van der Waals surface area contributed by atoms with Crippen molar-refractivity contribution in [3.8, 4) is 0 Å². The van der Waals surface area contributed by atoms with E-state index in [4.69, 9.17) is 0 Å². The Kier molecular flexibility index (Phi) is 1.83. The summed E-state index contributed by atoms with van der Waals surface area (Å²) in [4.78, 5) is 0. The lowest BCUT2D eigenvalue weighted by Crippen LogP contribution is -2.21. The van der Waals surface area contributed by atoms with Gasteiger partial charge in [-0.25, -0.2) is 0 Å². The molecule has 0 aromatic heterocycles. The number of rotatable bonds is 0. The molecule has 0 N–H and O–H groups in total. The van der Waals surface area contributed by atoms with Gasteiger partial charge in [0.2, 0.25) is 0 Å². The van der Waals surface area contributed by atoms with Crippen LogP contribution in [0.1, 0.15) is 40.0 Å². The Hall–Kier alpha value is 0. The van der Waals surface area contributed by atoms with Gasteiger partial charge in [-0.2, -0.15) is 0 Å². The van der Waals surface area contributed by atoms with Crippen LogP contribution in [0.3, 0.4) is 0 Å². The van der Waals surface area contributed by atoms with Gasteiger partial charge in [0.1, 0.15) is 0 Å². The van der Waals surface area contributed by atoms with Crippen LogP contribution in [0.25, 0.3) is 0 Å². The van der Waals surface area contributed by atoms with E-state index in [1.54, 1.807) is 0 Å². The van der Waals surface area contributed by atoms with Crippen molar-refractivity contribution in [2.24, 2.45) is 11.3 Å². The summed E-state index contributed by atoms with van der Waals surface area (Å²) in [5, 5.41) is 0. The molecular formula is C9H17. The molecule has 1 atom stereocenters. The van der Waals surface area contributed by atoms with Crippen LogP contribution >= 0.6 is 0 Å². The molecule has 0 spiro atoms. The van der Waals surface area contributed by atoms with E-state index in [0.717, 1.165) is 5.92 Å². The molecule has 1 saturated carbocycles. The Morgan fingerprint density at radius 1 is 1.44 bits per heavy atom. The van der Waals surface area contributed by atoms with Crippen molar-refractivity contribution in [3.05, 3.63) is 6.42 Å². The zero-order valence-corrected chi connectivity index (χ0v) is 6.78. The molecule has 1 radical (unpaired) electrons. The smallest absolute Gasteiger partial charge is 0.0351 e. The largest absolute Gasteiger partial charge is 0.0622 e. The molecule has 0 heterocycles. The second kappa shape index (κ2) is 2.32. The summed E-state index contributed by atoms with van der Waals surface area (Å²) in [6.45, 7) is 7.06. The molecule has 0 nitrogen and oxygen atoms in total. The van der Waals surface area contributed by atoms with Crippen LogP contribution in [0.5, 0.6) is 0 Å². The Morgan fingerprint density at radius 2 is 2.11 bits per heavy atom. The quantitative estimate of drug-likeness (QED) is 0.467. The van der Waals surface area contributed by atoms with Gasteiger partial charge in [0.05, 0.1) is 0 Å². The molecule has 0 heteroatoms. The number of hydrogen-bond donors (Lipinski definition) is 0. The van der Waals surface area contributed by atoms with E-state index in [-0.39, 0.29) is 0 Å². The van der Waals surface area contributed by atoms with Crippen molar-refractivity contribution in [1.82, 2.24) is 0 Å². The van der Waals surface area contributed by atoms with E-state index >= 15 is 0 Å². The normalized spacial score (nSPS) is 34.3. The predicted octanol–water partition coefficient (Wildman–Crippen LogP) is 3.04. The fourth-order valence-corrected chi connectivity index (χ4v) is 1.82. The van der Waals surface area contributed by atoms with Crippen molar-refractivity contribution in [1.29, 1.82) is 0 Å². The molecule has 0 saturated heterocycles. The van der Waals surface area contributed by atoms with Gasteiger partial charge < -0.3 is 0 Å². The van der Waals surface area contributed by atoms with Gasteiger partial charge in [0.25, 0.3) is 0 Å². The molecule has 0 aromatic carbocycles. The molecule has 9 heavy (non-hydrogen) atoms. The third-order valence-corrected chi connectivity index (χ3v) is 2.26. The monoisotopic (exact) mass is 125 g/mol. The van der Waals surface area contributed by atoms with Gasteiger partial charge in [0.15, 0.2) is 0 Å². The summed E-state index contributed by atoms with van der Waals surface area (Å²) < 4.78 is 0. The summed E-state index contributed by atoms with van der Waals surface area (Å²) in [5.74, 6) is 0.855. The first kappa shape index (κ1) is 7.11. The Labute approximate surface area is 58.7 Å². The molecule has 0 aliphatic heterocycles. The van der Waals surface area contributed by atoms with Crippen LogP contribution < -0.4 is 0 Å². The molecular weight excluding hydrogens is 108 g/mol. The van der Waals surface area contributed by atoms with E-state index in [1.807, 2.05) is 0 Å². The second-order valence-corrected chi connectivity index (χ2v) is 4.12. The van der Waals surface area contributed by atoms with Crippen LogP contribution in [0.15, 0.2) is 0 Å². The zero-order valence-electron chi connectivity index (χ0n) is 6.78. The molecule has 1 aliphatic carbocycles. The van der Waals surface area contributed by atoms with E-state index < -0.39 is 0 Å². The van der Waals surface area contributed by atoms with Gasteiger partial charge in [-0.1, -0.05) is 20.8 Å². The SMILES string of the molecule is CC1[CH]CCC(C)(C)C1. The van der Waals surface area contributed by atoms with Crippen LogP contribution in [0.2, 0.25) is 0 Å². The first-order valence-electron chi connectivity index (χ1n) is 3.93. The van der Waals surface area contributed by atoms with Gasteiger partial charge in [-0.3, -0.25) is 0 Å². The maximum Gasteiger partial charge on any atom is -0.0351 e. The van der Waals surface area contributed by atoms with Gasteiger partial charge in [0, 0.05) is 0 Å². The van der Waals surface area contributed by atoms with Crippen LogP contribution in [0, 0.1) is 17.8 Å². The highest BCUT2D eigenvalue weighted by atomic mass is 14.3. The molecule has 0 amide bonds. The van der Waals surface area contributed by atoms with Crippen molar-refractivity contribution < 1.29 is 0 Å². The lowest BCUT2D eigenvalue weighted by Gasteiger charge is -2.33. The van der Waals surface area contributed by atoms with Crippen LogP contribution in [-0.4, -0.2) is 0 Å². The first-order valence-corrected chi connectivity index (χ1v) is 3.93. The predicted molar refractivity (Wildman–Crippen MR) is 41.1 cm³/mol. The summed E-state index contributed by atoms with van der Waals surface area (Å²) in [7, 11) is 0. The Balaban J connectivity index is 2.41. The number of hydrogen-bond acceptors (Lipinski definition) is 0. The van der Waals surface area contributed by atoms with Crippen LogP contribution in [-0.2, 0) is 0 Å². The molecule has 1 unspecified atom stereocenters. The van der Waals surface area contributed by atoms with Crippen molar-refractivity contribution in [3.63, 3.8) is 0 Å². The average molecular weight is 125 g/mol. The highest BCUT2D eigenvalue weighted by Crippen LogP contribution is 2.37. The summed E-state index contributed by atoms with van der Waals surface area (Å²) in [6.07, 6.45) is 6.55. The fraction of sp³-hybridized carbons (Fsp3) is 0.889. The minimum atomic E-state index is 0.619. The van der Waals surface area contributed by atoms with E-state index in [1.165, 1.54) is 19.3 Å². The molecule has 1 fully saturated rings. The molecule has 0 aromatic rings. The maximum atomic E-state index is 2.45. The Morgan fingerprint density at radius 3 is 2.44 bits per heavy atom. The highest BCUT2D eigenvalue weighted by Gasteiger charge is 2.24. The van der Waals surface area contributed by atoms with Crippen molar-refractivity contribution in [2.75, 3.05) is 0 Å². The lowest BCUT2D eigenvalue weighted by atomic mass is 9.73. The van der Waals surface area contributed by atoms with Gasteiger partial charge >= 0.3 is 0 Å². The first-order chi connectivity index (χ1) is 4.10. The van der Waals surface area contributed by atoms with E-state index in [9.17, 15) is 0 Å². The molecule has 53 valence electrons. The minimum Gasteiger partial charge on any atom is -0.0622 e. The molecule has 1 rings (SSSR count). The standard InChI is InChI=1S/C9H17/c1-8-5-4-6-9(2,3)7-8/h5,8H,4,6-7H2,1-3H3. The van der Waals surface area contributed by atoms with E-state index in [0.29, 0.717) is 5.41 Å². The van der Waals surface area contributed by atoms with Crippen molar-refractivity contribution in [2.45, 2.75) is 40.0 Å². The van der Waals surface area contributed by atoms with Gasteiger partial charge in [-0.05, 0) is 37.0 Å². The van der Waals surface area contributed by atoms with Gasteiger partial charge in [-0.15, -0.1) is 0 Å². The Bertz CT molecular complexity index is 92.2. The lowest BCUT2D eigenvalue weighted by molar-refractivity contribution is 0.231. The fourth-order valence-electron chi connectivity index (χ4n) is 1.82. The topological polar surface area (TPSA) is 0 Å². The third kappa shape index (κ3) is 2.00. The van der Waals surface area contributed by atoms with Crippen molar-refractivity contribution >= 4 is 0 Å². The average Bonchev–Trinajstić information content (AvgIpc) is 1.60. The maximum absolute atomic E-state index is 2.45. The van der Waals surface area contributed by atoms with Crippen LogP contribution in [0.4, 0.5) is 0 Å².